The molecule has 1 heterocycles. The van der Waals surface area contributed by atoms with E-state index in [-0.39, 0.29) is 0 Å². The predicted octanol–water partition coefficient (Wildman–Crippen LogP) is 2.86. The molecule has 0 fully saturated rings. The van der Waals surface area contributed by atoms with Crippen LogP contribution in [0.2, 0.25) is 0 Å². The molecule has 0 bridgehead atoms. The second-order valence-corrected chi connectivity index (χ2v) is 3.96. The standard InChI is InChI=1S/C12H17N3/c1-3-5-9-7-10(6-4-2)12-11(8-9)13-15-14-12/h7-8H,3-6H2,1-2H3,(H,13,14,15). The van der Waals surface area contributed by atoms with E-state index in [0.717, 1.165) is 30.3 Å². The molecule has 0 spiro atoms. The van der Waals surface area contributed by atoms with Crippen molar-refractivity contribution in [3.63, 3.8) is 0 Å². The molecular formula is C12H17N3. The third kappa shape index (κ3) is 2.01. The summed E-state index contributed by atoms with van der Waals surface area (Å²) < 4.78 is 0. The number of nitrogens with zero attached hydrogens (tertiary/aromatic N) is 2. The van der Waals surface area contributed by atoms with Gasteiger partial charge in [0.1, 0.15) is 5.52 Å². The Balaban J connectivity index is 2.48. The molecule has 0 amide bonds. The van der Waals surface area contributed by atoms with E-state index in [9.17, 15) is 0 Å². The summed E-state index contributed by atoms with van der Waals surface area (Å²) in [5, 5.41) is 11.0. The minimum absolute atomic E-state index is 1.00. The van der Waals surface area contributed by atoms with E-state index in [4.69, 9.17) is 0 Å². The van der Waals surface area contributed by atoms with Crippen molar-refractivity contribution < 1.29 is 0 Å². The number of benzene rings is 1. The quantitative estimate of drug-likeness (QED) is 0.830. The maximum atomic E-state index is 4.10. The molecule has 0 aliphatic carbocycles. The minimum atomic E-state index is 1.00. The van der Waals surface area contributed by atoms with E-state index in [1.54, 1.807) is 0 Å². The monoisotopic (exact) mass is 203 g/mol. The molecule has 80 valence electrons. The van der Waals surface area contributed by atoms with Crippen molar-refractivity contribution in [3.8, 4) is 0 Å². The summed E-state index contributed by atoms with van der Waals surface area (Å²) in [6.45, 7) is 4.40. The van der Waals surface area contributed by atoms with Crippen LogP contribution in [0.15, 0.2) is 12.1 Å². The molecule has 0 aliphatic rings. The van der Waals surface area contributed by atoms with Crippen molar-refractivity contribution in [1.82, 2.24) is 15.4 Å². The van der Waals surface area contributed by atoms with Gasteiger partial charge in [-0.1, -0.05) is 38.0 Å². The van der Waals surface area contributed by atoms with Gasteiger partial charge in [-0.2, -0.15) is 0 Å². The maximum Gasteiger partial charge on any atom is 0.113 e. The fourth-order valence-electron chi connectivity index (χ4n) is 1.99. The molecule has 1 aromatic carbocycles. The highest BCUT2D eigenvalue weighted by molar-refractivity contribution is 5.78. The van der Waals surface area contributed by atoms with Crippen LogP contribution in [-0.2, 0) is 12.8 Å². The van der Waals surface area contributed by atoms with Crippen LogP contribution < -0.4 is 0 Å². The number of nitrogens with one attached hydrogen (secondary N) is 1. The molecule has 0 saturated heterocycles. The molecule has 3 nitrogen and oxygen atoms in total. The van der Waals surface area contributed by atoms with E-state index < -0.39 is 0 Å². The molecule has 0 radical (unpaired) electrons. The first-order valence-corrected chi connectivity index (χ1v) is 5.67. The highest BCUT2D eigenvalue weighted by Crippen LogP contribution is 2.19. The van der Waals surface area contributed by atoms with Gasteiger partial charge in [0.2, 0.25) is 0 Å². The van der Waals surface area contributed by atoms with Crippen LogP contribution in [0.5, 0.6) is 0 Å². The summed E-state index contributed by atoms with van der Waals surface area (Å²) >= 11 is 0. The van der Waals surface area contributed by atoms with Crippen molar-refractivity contribution in [2.75, 3.05) is 0 Å². The highest BCUT2D eigenvalue weighted by atomic mass is 15.3. The van der Waals surface area contributed by atoms with E-state index in [0.29, 0.717) is 0 Å². The average molecular weight is 203 g/mol. The van der Waals surface area contributed by atoms with Crippen LogP contribution in [-0.4, -0.2) is 15.4 Å². The first-order chi connectivity index (χ1) is 7.35. The van der Waals surface area contributed by atoms with Gasteiger partial charge in [-0.15, -0.1) is 5.10 Å². The van der Waals surface area contributed by atoms with E-state index in [1.807, 2.05) is 0 Å². The number of rotatable bonds is 4. The lowest BCUT2D eigenvalue weighted by atomic mass is 10.0. The lowest BCUT2D eigenvalue weighted by Gasteiger charge is -2.04. The van der Waals surface area contributed by atoms with Gasteiger partial charge in [-0.3, -0.25) is 5.10 Å². The SMILES string of the molecule is CCCc1cc(CCC)c2[nH]nnc2c1. The largest absolute Gasteiger partial charge is 0.257 e. The fraction of sp³-hybridized carbons (Fsp3) is 0.500. The number of hydrogen-bond donors (Lipinski definition) is 1. The van der Waals surface area contributed by atoms with Gasteiger partial charge in [-0.25, -0.2) is 0 Å². The summed E-state index contributed by atoms with van der Waals surface area (Å²) in [7, 11) is 0. The van der Waals surface area contributed by atoms with Gasteiger partial charge in [0.25, 0.3) is 0 Å². The number of hydrogen-bond acceptors (Lipinski definition) is 2. The lowest BCUT2D eigenvalue weighted by Crippen LogP contribution is -1.91. The number of aromatic amines is 1. The number of aromatic nitrogens is 3. The van der Waals surface area contributed by atoms with Gasteiger partial charge < -0.3 is 0 Å². The Bertz CT molecular complexity index is 445. The Morgan fingerprint density at radius 1 is 1.13 bits per heavy atom. The average Bonchev–Trinajstić information content (AvgIpc) is 2.67. The molecule has 15 heavy (non-hydrogen) atoms. The van der Waals surface area contributed by atoms with E-state index >= 15 is 0 Å². The van der Waals surface area contributed by atoms with Crippen LogP contribution >= 0.6 is 0 Å². The predicted molar refractivity (Wildman–Crippen MR) is 61.9 cm³/mol. The molecule has 0 unspecified atom stereocenters. The van der Waals surface area contributed by atoms with Gasteiger partial charge in [0.15, 0.2) is 0 Å². The molecule has 2 rings (SSSR count). The van der Waals surface area contributed by atoms with Gasteiger partial charge in [0, 0.05) is 0 Å². The molecule has 1 N–H and O–H groups in total. The van der Waals surface area contributed by atoms with Crippen molar-refractivity contribution in [3.05, 3.63) is 23.3 Å². The molecule has 0 aliphatic heterocycles. The Morgan fingerprint density at radius 3 is 2.67 bits per heavy atom. The van der Waals surface area contributed by atoms with E-state index in [2.05, 4.69) is 41.4 Å². The smallest absolute Gasteiger partial charge is 0.113 e. The van der Waals surface area contributed by atoms with Gasteiger partial charge in [-0.05, 0) is 30.0 Å². The third-order valence-electron chi connectivity index (χ3n) is 2.64. The first-order valence-electron chi connectivity index (χ1n) is 5.67. The van der Waals surface area contributed by atoms with Gasteiger partial charge >= 0.3 is 0 Å². The topological polar surface area (TPSA) is 41.6 Å². The van der Waals surface area contributed by atoms with E-state index in [1.165, 1.54) is 17.5 Å². The number of aryl methyl sites for hydroxylation is 2. The highest BCUT2D eigenvalue weighted by Gasteiger charge is 2.06. The van der Waals surface area contributed by atoms with Crippen LogP contribution in [0.25, 0.3) is 11.0 Å². The molecule has 0 saturated carbocycles. The molecule has 0 atom stereocenters. The second kappa shape index (κ2) is 4.43. The number of H-pyrrole nitrogens is 1. The summed E-state index contributed by atoms with van der Waals surface area (Å²) in [6.07, 6.45) is 4.55. The zero-order chi connectivity index (χ0) is 10.7. The lowest BCUT2D eigenvalue weighted by molar-refractivity contribution is 0.899. The molecule has 1 aromatic heterocycles. The zero-order valence-electron chi connectivity index (χ0n) is 9.38. The Kier molecular flexibility index (Phi) is 2.99. The van der Waals surface area contributed by atoms with Crippen molar-refractivity contribution in [2.45, 2.75) is 39.5 Å². The van der Waals surface area contributed by atoms with Crippen LogP contribution in [0.1, 0.15) is 37.8 Å². The van der Waals surface area contributed by atoms with Crippen molar-refractivity contribution in [1.29, 1.82) is 0 Å². The summed E-state index contributed by atoms with van der Waals surface area (Å²) in [5.74, 6) is 0. The minimum Gasteiger partial charge on any atom is -0.257 e. The Labute approximate surface area is 89.9 Å². The van der Waals surface area contributed by atoms with Crippen LogP contribution in [0, 0.1) is 0 Å². The maximum absolute atomic E-state index is 4.10. The molecular weight excluding hydrogens is 186 g/mol. The fourth-order valence-corrected chi connectivity index (χ4v) is 1.99. The van der Waals surface area contributed by atoms with Gasteiger partial charge in [0.05, 0.1) is 5.52 Å². The third-order valence-corrected chi connectivity index (χ3v) is 2.64. The summed E-state index contributed by atoms with van der Waals surface area (Å²) in [6, 6.07) is 4.43. The summed E-state index contributed by atoms with van der Waals surface area (Å²) in [5.41, 5.74) is 4.84. The van der Waals surface area contributed by atoms with Crippen LogP contribution in [0.4, 0.5) is 0 Å². The first kappa shape index (κ1) is 10.1. The van der Waals surface area contributed by atoms with Crippen molar-refractivity contribution in [2.24, 2.45) is 0 Å². The molecule has 3 heteroatoms. The zero-order valence-corrected chi connectivity index (χ0v) is 9.38. The second-order valence-electron chi connectivity index (χ2n) is 3.96. The number of fused-ring (bicyclic) bond motifs is 1. The van der Waals surface area contributed by atoms with Crippen molar-refractivity contribution >= 4 is 11.0 Å². The normalized spacial score (nSPS) is 11.1. The molecule has 2 aromatic rings. The van der Waals surface area contributed by atoms with Crippen LogP contribution in [0.3, 0.4) is 0 Å². The summed E-state index contributed by atoms with van der Waals surface area (Å²) in [4.78, 5) is 0. The Morgan fingerprint density at radius 2 is 1.93 bits per heavy atom. The Hall–Kier alpha value is -1.38.